The highest BCUT2D eigenvalue weighted by Crippen LogP contribution is 2.17. The molecule has 0 radical (unpaired) electrons. The Morgan fingerprint density at radius 1 is 1.45 bits per heavy atom. The number of ether oxygens (including phenoxy) is 1. The van der Waals surface area contributed by atoms with Crippen LogP contribution < -0.4 is 5.32 Å². The molecule has 1 atom stereocenters. The summed E-state index contributed by atoms with van der Waals surface area (Å²) in [5.74, 6) is -0.0841. The van der Waals surface area contributed by atoms with Gasteiger partial charge in [-0.3, -0.25) is 4.79 Å². The average Bonchev–Trinajstić information content (AvgIpc) is 2.98. The summed E-state index contributed by atoms with van der Waals surface area (Å²) >= 11 is 1.29. The number of anilines is 1. The molecule has 2 heterocycles. The number of nitrogens with one attached hydrogen (secondary N) is 1. The maximum Gasteiger partial charge on any atom is 0.349 e. The highest BCUT2D eigenvalue weighted by molar-refractivity contribution is 7.12. The number of carbonyl (C=O) groups is 2. The minimum absolute atomic E-state index is 0.294. The van der Waals surface area contributed by atoms with Gasteiger partial charge in [0.25, 0.3) is 5.91 Å². The second kappa shape index (κ2) is 5.87. The first-order chi connectivity index (χ1) is 9.47. The van der Waals surface area contributed by atoms with Crippen LogP contribution in [0.25, 0.3) is 0 Å². The molecule has 1 amide bonds. The SMILES string of the molecule is Cc1cc(NC(=O)[C@H](C)OC(=O)c2sccc2C)no1. The molecule has 0 spiro atoms. The Hall–Kier alpha value is -2.15. The molecule has 7 heteroatoms. The number of thiophene rings is 1. The molecule has 0 aliphatic carbocycles. The molecule has 0 aromatic carbocycles. The van der Waals surface area contributed by atoms with Gasteiger partial charge in [0, 0.05) is 6.07 Å². The van der Waals surface area contributed by atoms with Gasteiger partial charge in [-0.2, -0.15) is 0 Å². The summed E-state index contributed by atoms with van der Waals surface area (Å²) in [5, 5.41) is 7.95. The van der Waals surface area contributed by atoms with Gasteiger partial charge < -0.3 is 14.6 Å². The van der Waals surface area contributed by atoms with E-state index in [9.17, 15) is 9.59 Å². The Morgan fingerprint density at radius 3 is 2.75 bits per heavy atom. The van der Waals surface area contributed by atoms with E-state index in [0.717, 1.165) is 5.56 Å². The van der Waals surface area contributed by atoms with Gasteiger partial charge in [0.1, 0.15) is 10.6 Å². The van der Waals surface area contributed by atoms with E-state index in [4.69, 9.17) is 9.26 Å². The molecule has 2 rings (SSSR count). The van der Waals surface area contributed by atoms with E-state index >= 15 is 0 Å². The summed E-state index contributed by atoms with van der Waals surface area (Å²) in [6.45, 7) is 5.03. The zero-order valence-electron chi connectivity index (χ0n) is 11.3. The van der Waals surface area contributed by atoms with Crippen LogP contribution in [-0.4, -0.2) is 23.1 Å². The minimum Gasteiger partial charge on any atom is -0.448 e. The van der Waals surface area contributed by atoms with Crippen LogP contribution in [0.4, 0.5) is 5.82 Å². The summed E-state index contributed by atoms with van der Waals surface area (Å²) in [5.41, 5.74) is 0.833. The van der Waals surface area contributed by atoms with Gasteiger partial charge in [0.05, 0.1) is 0 Å². The van der Waals surface area contributed by atoms with Gasteiger partial charge in [0.15, 0.2) is 11.9 Å². The highest BCUT2D eigenvalue weighted by Gasteiger charge is 2.21. The summed E-state index contributed by atoms with van der Waals surface area (Å²) in [6.07, 6.45) is -0.916. The largest absolute Gasteiger partial charge is 0.448 e. The van der Waals surface area contributed by atoms with Crippen LogP contribution in [0.5, 0.6) is 0 Å². The van der Waals surface area contributed by atoms with Crippen molar-refractivity contribution in [3.05, 3.63) is 33.7 Å². The summed E-state index contributed by atoms with van der Waals surface area (Å²) < 4.78 is 9.95. The van der Waals surface area contributed by atoms with Crippen molar-refractivity contribution in [1.29, 1.82) is 0 Å². The average molecular weight is 294 g/mol. The molecule has 0 aliphatic heterocycles. The Bertz CT molecular complexity index is 632. The lowest BCUT2D eigenvalue weighted by atomic mass is 10.3. The quantitative estimate of drug-likeness (QED) is 0.876. The van der Waals surface area contributed by atoms with Crippen LogP contribution in [0.3, 0.4) is 0 Å². The van der Waals surface area contributed by atoms with E-state index < -0.39 is 18.0 Å². The van der Waals surface area contributed by atoms with E-state index in [0.29, 0.717) is 16.5 Å². The molecule has 0 fully saturated rings. The number of nitrogens with zero attached hydrogens (tertiary/aromatic N) is 1. The normalized spacial score (nSPS) is 11.9. The Labute approximate surface area is 119 Å². The van der Waals surface area contributed by atoms with Gasteiger partial charge in [0.2, 0.25) is 0 Å². The van der Waals surface area contributed by atoms with Crippen molar-refractivity contribution < 1.29 is 18.8 Å². The number of aromatic nitrogens is 1. The molecule has 1 N–H and O–H groups in total. The lowest BCUT2D eigenvalue weighted by Gasteiger charge is -2.11. The summed E-state index contributed by atoms with van der Waals surface area (Å²) in [6, 6.07) is 3.40. The molecular weight excluding hydrogens is 280 g/mol. The maximum absolute atomic E-state index is 11.9. The lowest BCUT2D eigenvalue weighted by molar-refractivity contribution is -0.123. The molecular formula is C13H14N2O4S. The summed E-state index contributed by atoms with van der Waals surface area (Å²) in [7, 11) is 0. The van der Waals surface area contributed by atoms with Crippen molar-refractivity contribution in [3.8, 4) is 0 Å². The number of rotatable bonds is 4. The van der Waals surface area contributed by atoms with Crippen LogP contribution in [0.2, 0.25) is 0 Å². The fraction of sp³-hybridized carbons (Fsp3) is 0.308. The van der Waals surface area contributed by atoms with E-state index in [1.807, 2.05) is 13.0 Å². The number of carbonyl (C=O) groups excluding carboxylic acids is 2. The monoisotopic (exact) mass is 294 g/mol. The number of aryl methyl sites for hydroxylation is 2. The lowest BCUT2D eigenvalue weighted by Crippen LogP contribution is -2.30. The third-order valence-corrected chi connectivity index (χ3v) is 3.58. The number of amides is 1. The molecule has 2 aromatic heterocycles. The molecule has 20 heavy (non-hydrogen) atoms. The first-order valence-corrected chi connectivity index (χ1v) is 6.84. The van der Waals surface area contributed by atoms with Gasteiger partial charge in [-0.1, -0.05) is 5.16 Å². The Balaban J connectivity index is 1.94. The fourth-order valence-corrected chi connectivity index (χ4v) is 2.31. The molecule has 0 bridgehead atoms. The molecule has 106 valence electrons. The standard InChI is InChI=1S/C13H14N2O4S/c1-7-4-5-20-11(7)13(17)18-9(3)12(16)14-10-6-8(2)19-15-10/h4-6,9H,1-3H3,(H,14,15,16)/t9-/m0/s1. The zero-order valence-corrected chi connectivity index (χ0v) is 12.1. The maximum atomic E-state index is 11.9. The van der Waals surface area contributed by atoms with Gasteiger partial charge in [-0.15, -0.1) is 11.3 Å². The third-order valence-electron chi connectivity index (χ3n) is 2.58. The van der Waals surface area contributed by atoms with E-state index in [-0.39, 0.29) is 0 Å². The first kappa shape index (κ1) is 14.3. The predicted octanol–water partition coefficient (Wildman–Crippen LogP) is 2.54. The second-order valence-corrected chi connectivity index (χ2v) is 5.21. The Morgan fingerprint density at radius 2 is 2.20 bits per heavy atom. The van der Waals surface area contributed by atoms with Crippen LogP contribution in [-0.2, 0) is 9.53 Å². The smallest absolute Gasteiger partial charge is 0.349 e. The van der Waals surface area contributed by atoms with Gasteiger partial charge >= 0.3 is 5.97 Å². The molecule has 0 saturated carbocycles. The van der Waals surface area contributed by atoms with Gasteiger partial charge in [-0.25, -0.2) is 4.79 Å². The van der Waals surface area contributed by atoms with Crippen molar-refractivity contribution in [1.82, 2.24) is 5.16 Å². The highest BCUT2D eigenvalue weighted by atomic mass is 32.1. The molecule has 0 saturated heterocycles. The van der Waals surface area contributed by atoms with E-state index in [2.05, 4.69) is 10.5 Å². The van der Waals surface area contributed by atoms with Crippen molar-refractivity contribution in [2.75, 3.05) is 5.32 Å². The fourth-order valence-electron chi connectivity index (χ4n) is 1.50. The molecule has 2 aromatic rings. The van der Waals surface area contributed by atoms with Crippen molar-refractivity contribution in [2.45, 2.75) is 26.9 Å². The molecule has 6 nitrogen and oxygen atoms in total. The van der Waals surface area contributed by atoms with Crippen molar-refractivity contribution in [3.63, 3.8) is 0 Å². The van der Waals surface area contributed by atoms with Gasteiger partial charge in [-0.05, 0) is 37.8 Å². The molecule has 0 aliphatic rings. The van der Waals surface area contributed by atoms with Crippen LogP contribution in [0.1, 0.15) is 27.9 Å². The van der Waals surface area contributed by atoms with Crippen LogP contribution in [0, 0.1) is 13.8 Å². The van der Waals surface area contributed by atoms with E-state index in [1.165, 1.54) is 18.3 Å². The first-order valence-electron chi connectivity index (χ1n) is 5.96. The minimum atomic E-state index is -0.916. The number of hydrogen-bond donors (Lipinski definition) is 1. The second-order valence-electron chi connectivity index (χ2n) is 4.29. The van der Waals surface area contributed by atoms with Crippen molar-refractivity contribution >= 4 is 29.0 Å². The zero-order chi connectivity index (χ0) is 14.7. The summed E-state index contributed by atoms with van der Waals surface area (Å²) in [4.78, 5) is 24.2. The molecule has 0 unspecified atom stereocenters. The number of hydrogen-bond acceptors (Lipinski definition) is 6. The predicted molar refractivity (Wildman–Crippen MR) is 73.8 cm³/mol. The Kier molecular flexibility index (Phi) is 4.19. The van der Waals surface area contributed by atoms with Crippen LogP contribution >= 0.6 is 11.3 Å². The number of esters is 1. The third kappa shape index (κ3) is 3.24. The van der Waals surface area contributed by atoms with Crippen molar-refractivity contribution in [2.24, 2.45) is 0 Å². The van der Waals surface area contributed by atoms with E-state index in [1.54, 1.807) is 18.4 Å². The topological polar surface area (TPSA) is 81.4 Å². The van der Waals surface area contributed by atoms with Crippen LogP contribution in [0.15, 0.2) is 22.0 Å².